The maximum absolute atomic E-state index is 12.7. The van der Waals surface area contributed by atoms with E-state index in [9.17, 15) is 4.79 Å². The van der Waals surface area contributed by atoms with E-state index in [4.69, 9.17) is 10.00 Å². The average molecular weight is 352 g/mol. The van der Waals surface area contributed by atoms with Crippen molar-refractivity contribution in [3.63, 3.8) is 0 Å². The van der Waals surface area contributed by atoms with Crippen LogP contribution in [0, 0.1) is 34.5 Å². The molecule has 0 aliphatic heterocycles. The average Bonchev–Trinajstić information content (AvgIpc) is 2.61. The van der Waals surface area contributed by atoms with Gasteiger partial charge in [-0.05, 0) is 99.8 Å². The van der Waals surface area contributed by atoms with Crippen LogP contribution in [0.15, 0.2) is 24.3 Å². The van der Waals surface area contributed by atoms with Crippen LogP contribution in [-0.4, -0.2) is 18.1 Å². The molecule has 0 heterocycles. The summed E-state index contributed by atoms with van der Waals surface area (Å²) in [5.41, 5.74) is 0.892. The number of ether oxygens (including phenoxy) is 1. The van der Waals surface area contributed by atoms with Crippen LogP contribution in [0.3, 0.4) is 0 Å². The SMILES string of the molecule is C[C@H](NC(=O)[C@@H](C)Oc1ccc(C#N)cc1)C12CC3CC(CC(C3)C1)C2. The van der Waals surface area contributed by atoms with Gasteiger partial charge < -0.3 is 10.1 Å². The van der Waals surface area contributed by atoms with Crippen LogP contribution in [0.4, 0.5) is 0 Å². The van der Waals surface area contributed by atoms with E-state index in [-0.39, 0.29) is 11.9 Å². The molecule has 1 amide bonds. The molecule has 26 heavy (non-hydrogen) atoms. The Morgan fingerprint density at radius 3 is 2.15 bits per heavy atom. The fourth-order valence-electron chi connectivity index (χ4n) is 6.06. The first-order valence-corrected chi connectivity index (χ1v) is 9.94. The van der Waals surface area contributed by atoms with Crippen molar-refractivity contribution in [3.05, 3.63) is 29.8 Å². The van der Waals surface area contributed by atoms with Crippen LogP contribution in [0.25, 0.3) is 0 Å². The molecule has 138 valence electrons. The number of amides is 1. The fraction of sp³-hybridized carbons (Fsp3) is 0.636. The third-order valence-electron chi connectivity index (χ3n) is 7.03. The van der Waals surface area contributed by atoms with Crippen LogP contribution in [0.5, 0.6) is 5.75 Å². The van der Waals surface area contributed by atoms with Crippen molar-refractivity contribution in [1.29, 1.82) is 5.26 Å². The van der Waals surface area contributed by atoms with E-state index in [1.807, 2.05) is 0 Å². The summed E-state index contributed by atoms with van der Waals surface area (Å²) in [4.78, 5) is 12.7. The molecular weight excluding hydrogens is 324 g/mol. The number of nitrogens with zero attached hydrogens (tertiary/aromatic N) is 1. The molecule has 0 spiro atoms. The lowest BCUT2D eigenvalue weighted by Gasteiger charge is -2.59. The molecule has 0 saturated heterocycles. The number of carbonyl (C=O) groups excluding carboxylic acids is 1. The van der Waals surface area contributed by atoms with E-state index in [1.165, 1.54) is 38.5 Å². The Morgan fingerprint density at radius 1 is 1.12 bits per heavy atom. The summed E-state index contributed by atoms with van der Waals surface area (Å²) in [6.45, 7) is 3.99. The fourth-order valence-corrected chi connectivity index (χ4v) is 6.06. The Balaban J connectivity index is 1.37. The van der Waals surface area contributed by atoms with Gasteiger partial charge >= 0.3 is 0 Å². The van der Waals surface area contributed by atoms with Gasteiger partial charge in [-0.25, -0.2) is 0 Å². The number of nitriles is 1. The van der Waals surface area contributed by atoms with Crippen LogP contribution in [0.2, 0.25) is 0 Å². The summed E-state index contributed by atoms with van der Waals surface area (Å²) in [6, 6.07) is 9.18. The summed E-state index contributed by atoms with van der Waals surface area (Å²) >= 11 is 0. The summed E-state index contributed by atoms with van der Waals surface area (Å²) < 4.78 is 5.77. The Morgan fingerprint density at radius 2 is 1.65 bits per heavy atom. The van der Waals surface area contributed by atoms with Crippen molar-refractivity contribution >= 4 is 5.91 Å². The zero-order valence-electron chi connectivity index (χ0n) is 15.7. The van der Waals surface area contributed by atoms with Crippen LogP contribution in [-0.2, 0) is 4.79 Å². The maximum Gasteiger partial charge on any atom is 0.261 e. The highest BCUT2D eigenvalue weighted by molar-refractivity contribution is 5.81. The molecule has 4 aliphatic rings. The van der Waals surface area contributed by atoms with Crippen LogP contribution < -0.4 is 10.1 Å². The second-order valence-electron chi connectivity index (χ2n) is 8.91. The van der Waals surface area contributed by atoms with Gasteiger partial charge in [-0.2, -0.15) is 5.26 Å². The number of hydrogen-bond acceptors (Lipinski definition) is 3. The highest BCUT2D eigenvalue weighted by atomic mass is 16.5. The summed E-state index contributed by atoms with van der Waals surface area (Å²) in [5.74, 6) is 3.22. The molecule has 0 aromatic heterocycles. The Hall–Kier alpha value is -2.02. The first-order valence-electron chi connectivity index (χ1n) is 9.94. The lowest BCUT2D eigenvalue weighted by molar-refractivity contribution is -0.131. The van der Waals surface area contributed by atoms with Gasteiger partial charge in [-0.1, -0.05) is 0 Å². The molecule has 1 N–H and O–H groups in total. The molecule has 4 aliphatic carbocycles. The summed E-state index contributed by atoms with van der Waals surface area (Å²) in [7, 11) is 0. The minimum Gasteiger partial charge on any atom is -0.481 e. The second-order valence-corrected chi connectivity index (χ2v) is 8.91. The third kappa shape index (κ3) is 3.20. The third-order valence-corrected chi connectivity index (χ3v) is 7.03. The zero-order chi connectivity index (χ0) is 18.3. The van der Waals surface area contributed by atoms with Crippen molar-refractivity contribution in [2.45, 2.75) is 64.5 Å². The van der Waals surface area contributed by atoms with E-state index in [0.717, 1.165) is 17.8 Å². The van der Waals surface area contributed by atoms with Gasteiger partial charge in [0.25, 0.3) is 5.91 Å². The number of benzene rings is 1. The topological polar surface area (TPSA) is 62.1 Å². The smallest absolute Gasteiger partial charge is 0.261 e. The predicted molar refractivity (Wildman–Crippen MR) is 99.5 cm³/mol. The number of nitrogens with one attached hydrogen (secondary N) is 1. The number of carbonyl (C=O) groups is 1. The normalized spacial score (nSPS) is 34.0. The van der Waals surface area contributed by atoms with Crippen LogP contribution in [0.1, 0.15) is 57.9 Å². The van der Waals surface area contributed by atoms with Crippen molar-refractivity contribution in [1.82, 2.24) is 5.32 Å². The molecule has 5 rings (SSSR count). The first kappa shape index (κ1) is 17.4. The molecule has 1 aromatic rings. The molecule has 2 atom stereocenters. The van der Waals surface area contributed by atoms with Gasteiger partial charge in [-0.3, -0.25) is 4.79 Å². The Labute approximate surface area is 155 Å². The Kier molecular flexibility index (Phi) is 4.42. The number of hydrogen-bond donors (Lipinski definition) is 1. The van der Waals surface area contributed by atoms with Crippen molar-refractivity contribution in [2.75, 3.05) is 0 Å². The molecule has 4 fully saturated rings. The molecular formula is C22H28N2O2. The molecule has 4 heteroatoms. The maximum atomic E-state index is 12.7. The van der Waals surface area contributed by atoms with Gasteiger partial charge in [0.15, 0.2) is 6.10 Å². The van der Waals surface area contributed by atoms with Gasteiger partial charge in [0.2, 0.25) is 0 Å². The van der Waals surface area contributed by atoms with Crippen LogP contribution >= 0.6 is 0 Å². The van der Waals surface area contributed by atoms with E-state index in [1.54, 1.807) is 31.2 Å². The predicted octanol–water partition coefficient (Wildman–Crippen LogP) is 4.05. The summed E-state index contributed by atoms with van der Waals surface area (Å²) in [6.07, 6.45) is 7.55. The minimum absolute atomic E-state index is 0.0439. The van der Waals surface area contributed by atoms with E-state index in [0.29, 0.717) is 16.7 Å². The monoisotopic (exact) mass is 352 g/mol. The minimum atomic E-state index is -0.542. The zero-order valence-corrected chi connectivity index (χ0v) is 15.7. The standard InChI is InChI=1S/C22H28N2O2/c1-14(26-20-5-3-16(13-23)4-6-20)21(25)24-15(2)22-10-17-7-18(11-22)9-19(8-17)12-22/h3-6,14-15,17-19H,7-12H2,1-2H3,(H,24,25)/t14-,15+,17?,18?,19?,22?/m1/s1. The van der Waals surface area contributed by atoms with Gasteiger partial charge in [0, 0.05) is 6.04 Å². The van der Waals surface area contributed by atoms with Gasteiger partial charge in [0.1, 0.15) is 5.75 Å². The largest absolute Gasteiger partial charge is 0.481 e. The van der Waals surface area contributed by atoms with Crippen molar-refractivity contribution < 1.29 is 9.53 Å². The lowest BCUT2D eigenvalue weighted by Crippen LogP contribution is -2.57. The van der Waals surface area contributed by atoms with Gasteiger partial charge in [0.05, 0.1) is 11.6 Å². The van der Waals surface area contributed by atoms with E-state index in [2.05, 4.69) is 18.3 Å². The molecule has 4 nitrogen and oxygen atoms in total. The van der Waals surface area contributed by atoms with E-state index < -0.39 is 6.10 Å². The highest BCUT2D eigenvalue weighted by Crippen LogP contribution is 2.61. The van der Waals surface area contributed by atoms with Crippen molar-refractivity contribution in [3.8, 4) is 11.8 Å². The molecule has 0 radical (unpaired) electrons. The lowest BCUT2D eigenvalue weighted by atomic mass is 9.48. The highest BCUT2D eigenvalue weighted by Gasteiger charge is 2.53. The molecule has 4 bridgehead atoms. The molecule has 0 unspecified atom stereocenters. The van der Waals surface area contributed by atoms with Crippen molar-refractivity contribution in [2.24, 2.45) is 23.2 Å². The van der Waals surface area contributed by atoms with Gasteiger partial charge in [-0.15, -0.1) is 0 Å². The quantitative estimate of drug-likeness (QED) is 0.870. The Bertz CT molecular complexity index is 683. The summed E-state index contributed by atoms with van der Waals surface area (Å²) in [5, 5.41) is 12.1. The van der Waals surface area contributed by atoms with E-state index >= 15 is 0 Å². The molecule has 4 saturated carbocycles. The number of rotatable bonds is 5. The molecule has 1 aromatic carbocycles. The second kappa shape index (κ2) is 6.61. The first-order chi connectivity index (χ1) is 12.5.